The fraction of sp³-hybridized carbons (Fsp3) is 0.649. The number of hydrogen-bond acceptors (Lipinski definition) is 9. The lowest BCUT2D eigenvalue weighted by molar-refractivity contribution is -0.174. The Hall–Kier alpha value is -2.53. The van der Waals surface area contributed by atoms with Crippen LogP contribution in [0, 0.1) is 17.8 Å². The Morgan fingerprint density at radius 3 is 2.31 bits per heavy atom. The van der Waals surface area contributed by atoms with E-state index in [-0.39, 0.29) is 48.9 Å². The molecular formula is C37H61NO9Si. The molecule has 1 aromatic carbocycles. The molecule has 10 nitrogen and oxygen atoms in total. The molecule has 4 atom stereocenters. The van der Waals surface area contributed by atoms with Crippen LogP contribution in [-0.4, -0.2) is 97.7 Å². The van der Waals surface area contributed by atoms with Gasteiger partial charge in [0, 0.05) is 14.2 Å². The van der Waals surface area contributed by atoms with E-state index in [1.165, 1.54) is 12.2 Å². The highest BCUT2D eigenvalue weighted by Gasteiger charge is 2.39. The Kier molecular flexibility index (Phi) is 21.5. The molecule has 0 aromatic heterocycles. The first kappa shape index (κ1) is 43.5. The lowest BCUT2D eigenvalue weighted by atomic mass is 10.0. The van der Waals surface area contributed by atoms with Gasteiger partial charge in [-0.2, -0.15) is 0 Å². The van der Waals surface area contributed by atoms with E-state index >= 15 is 0 Å². The molecule has 11 heteroatoms. The second-order valence-electron chi connectivity index (χ2n) is 13.2. The number of nitrogens with zero attached hydrogens (tertiary/aromatic N) is 1. The van der Waals surface area contributed by atoms with Crippen LogP contribution in [-0.2, 0) is 39.6 Å². The molecule has 0 unspecified atom stereocenters. The summed E-state index contributed by atoms with van der Waals surface area (Å²) < 4.78 is 35.0. The van der Waals surface area contributed by atoms with Crippen LogP contribution in [0.1, 0.15) is 58.9 Å². The maximum absolute atomic E-state index is 12.8. The Morgan fingerprint density at radius 2 is 1.71 bits per heavy atom. The highest BCUT2D eigenvalue weighted by atomic mass is 28.4. The Morgan fingerprint density at radius 1 is 1.00 bits per heavy atom. The molecule has 0 aliphatic rings. The molecule has 1 amide bonds. The second-order valence-corrected chi connectivity index (χ2v) is 18.0. The topological polar surface area (TPSA) is 105 Å². The van der Waals surface area contributed by atoms with Gasteiger partial charge in [-0.15, -0.1) is 0 Å². The molecule has 1 N–H and O–H groups in total. The zero-order chi connectivity index (χ0) is 36.0. The fourth-order valence-electron chi connectivity index (χ4n) is 4.23. The average molecular weight is 692 g/mol. The van der Waals surface area contributed by atoms with Gasteiger partial charge in [-0.05, 0) is 67.1 Å². The molecule has 0 aliphatic carbocycles. The Bertz CT molecular complexity index is 1140. The largest absolute Gasteiger partial charge is 0.497 e. The van der Waals surface area contributed by atoms with Gasteiger partial charge in [-0.25, -0.2) is 5.06 Å². The van der Waals surface area contributed by atoms with E-state index in [4.69, 9.17) is 38.1 Å². The second kappa shape index (κ2) is 23.8. The van der Waals surface area contributed by atoms with Crippen molar-refractivity contribution in [3.8, 4) is 17.6 Å². The minimum atomic E-state index is -2.16. The van der Waals surface area contributed by atoms with E-state index in [1.807, 2.05) is 42.5 Å². The van der Waals surface area contributed by atoms with Gasteiger partial charge < -0.3 is 33.2 Å². The number of rotatable bonds is 23. The number of methoxy groups -OCH3 is 2. The lowest BCUT2D eigenvalue weighted by Gasteiger charge is -2.40. The molecule has 0 saturated carbocycles. The highest BCUT2D eigenvalue weighted by molar-refractivity contribution is 6.74. The first-order valence-corrected chi connectivity index (χ1v) is 19.5. The first-order valence-electron chi connectivity index (χ1n) is 16.6. The number of carbonyl (C=O) groups is 1. The number of hydroxylamine groups is 2. The molecule has 0 spiro atoms. The number of allylic oxidation sites excluding steroid dienone is 2. The third kappa shape index (κ3) is 17.7. The lowest BCUT2D eigenvalue weighted by Crippen LogP contribution is -2.45. The summed E-state index contributed by atoms with van der Waals surface area (Å²) in [7, 11) is 4.13. The average Bonchev–Trinajstić information content (AvgIpc) is 3.04. The van der Waals surface area contributed by atoms with Crippen molar-refractivity contribution in [1.29, 1.82) is 0 Å². The predicted octanol–water partition coefficient (Wildman–Crippen LogP) is 6.30. The maximum Gasteiger partial charge on any atom is 0.248 e. The number of benzene rings is 1. The predicted molar refractivity (Wildman–Crippen MR) is 192 cm³/mol. The van der Waals surface area contributed by atoms with Crippen molar-refractivity contribution in [3.63, 3.8) is 0 Å². The van der Waals surface area contributed by atoms with Crippen molar-refractivity contribution in [2.45, 2.75) is 96.4 Å². The van der Waals surface area contributed by atoms with Crippen molar-refractivity contribution in [2.24, 2.45) is 5.92 Å². The van der Waals surface area contributed by atoms with E-state index in [2.05, 4.69) is 52.6 Å². The molecule has 1 rings (SSSR count). The number of aliphatic hydroxyl groups excluding tert-OH is 1. The summed E-state index contributed by atoms with van der Waals surface area (Å²) in [6.45, 7) is 14.4. The SMILES string of the molecule is COCCOCO[C@H](CC(=O)N(C)OC)C[C@H](C/C=C/C#C[C@H](OCc1ccc(OC)cc1)[C@H](C)C/C=C/CO)O[Si](C)(C)C(C)(C)C. The molecule has 0 aliphatic heterocycles. The number of amides is 1. The van der Waals surface area contributed by atoms with Crippen molar-refractivity contribution >= 4 is 14.2 Å². The van der Waals surface area contributed by atoms with Crippen molar-refractivity contribution in [2.75, 3.05) is 55.0 Å². The van der Waals surface area contributed by atoms with Gasteiger partial charge in [-0.3, -0.25) is 9.63 Å². The molecule has 0 heterocycles. The standard InChI is InChI=1S/C37H61NO9Si/c1-30(16-14-15-23-39)35(45-28-31-19-21-32(42-7)22-20-31)18-13-11-12-17-33(47-48(9,10)37(2,3)4)26-34(27-36(40)38(5)43-8)46-29-44-25-24-41-6/h11-12,14-15,19-22,30,33-35,39H,16-17,23-29H2,1-10H3/b12-11+,15-14+/t30-,33+,34+,35+/m1/s1. The summed E-state index contributed by atoms with van der Waals surface area (Å²) in [4.78, 5) is 17.9. The first-order chi connectivity index (χ1) is 22.8. The maximum atomic E-state index is 12.8. The van der Waals surface area contributed by atoms with Crippen LogP contribution < -0.4 is 4.74 Å². The summed E-state index contributed by atoms with van der Waals surface area (Å²) in [5.74, 6) is 7.17. The van der Waals surface area contributed by atoms with Crippen LogP contribution in [0.15, 0.2) is 48.6 Å². The zero-order valence-electron chi connectivity index (χ0n) is 31.0. The minimum Gasteiger partial charge on any atom is -0.497 e. The molecule has 0 radical (unpaired) electrons. The smallest absolute Gasteiger partial charge is 0.248 e. The van der Waals surface area contributed by atoms with Crippen LogP contribution in [0.2, 0.25) is 18.1 Å². The third-order valence-corrected chi connectivity index (χ3v) is 12.9. The van der Waals surface area contributed by atoms with Gasteiger partial charge >= 0.3 is 0 Å². The van der Waals surface area contributed by atoms with Crippen LogP contribution in [0.5, 0.6) is 5.75 Å². The highest BCUT2D eigenvalue weighted by Crippen LogP contribution is 2.38. The number of aliphatic hydroxyl groups is 1. The van der Waals surface area contributed by atoms with Crippen LogP contribution in [0.4, 0.5) is 0 Å². The molecule has 272 valence electrons. The third-order valence-electron chi connectivity index (χ3n) is 8.35. The summed E-state index contributed by atoms with van der Waals surface area (Å²) in [6, 6.07) is 7.78. The quantitative estimate of drug-likeness (QED) is 0.0354. The van der Waals surface area contributed by atoms with E-state index in [9.17, 15) is 4.79 Å². The van der Waals surface area contributed by atoms with E-state index in [0.717, 1.165) is 17.7 Å². The summed E-state index contributed by atoms with van der Waals surface area (Å²) in [5.41, 5.74) is 1.03. The van der Waals surface area contributed by atoms with Gasteiger partial charge in [0.25, 0.3) is 0 Å². The van der Waals surface area contributed by atoms with E-state index in [0.29, 0.717) is 32.7 Å². The van der Waals surface area contributed by atoms with E-state index < -0.39 is 14.4 Å². The van der Waals surface area contributed by atoms with Crippen molar-refractivity contribution in [1.82, 2.24) is 5.06 Å². The van der Waals surface area contributed by atoms with Crippen molar-refractivity contribution < 1.29 is 42.8 Å². The van der Waals surface area contributed by atoms with Crippen LogP contribution >= 0.6 is 0 Å². The number of ether oxygens (including phenoxy) is 5. The Labute approximate surface area is 290 Å². The number of hydrogen-bond donors (Lipinski definition) is 1. The summed E-state index contributed by atoms with van der Waals surface area (Å²) in [6.07, 6.45) is 8.48. The molecule has 0 saturated heterocycles. The molecule has 0 fully saturated rings. The van der Waals surface area contributed by atoms with Gasteiger partial charge in [0.2, 0.25) is 5.91 Å². The van der Waals surface area contributed by atoms with Gasteiger partial charge in [0.1, 0.15) is 18.6 Å². The zero-order valence-corrected chi connectivity index (χ0v) is 32.0. The van der Waals surface area contributed by atoms with Gasteiger partial charge in [-0.1, -0.05) is 69.9 Å². The fourth-order valence-corrected chi connectivity index (χ4v) is 5.61. The molecular weight excluding hydrogens is 630 g/mol. The normalized spacial score (nSPS) is 14.8. The monoisotopic (exact) mass is 691 g/mol. The molecule has 48 heavy (non-hydrogen) atoms. The Balaban J connectivity index is 3.15. The van der Waals surface area contributed by atoms with Gasteiger partial charge in [0.05, 0.1) is 59.3 Å². The van der Waals surface area contributed by atoms with Crippen LogP contribution in [0.25, 0.3) is 0 Å². The number of carbonyl (C=O) groups excluding carboxylic acids is 1. The summed E-state index contributed by atoms with van der Waals surface area (Å²) in [5, 5.41) is 10.4. The molecule has 1 aromatic rings. The van der Waals surface area contributed by atoms with Crippen LogP contribution in [0.3, 0.4) is 0 Å². The molecule has 0 bridgehead atoms. The summed E-state index contributed by atoms with van der Waals surface area (Å²) >= 11 is 0. The van der Waals surface area contributed by atoms with Crippen molar-refractivity contribution in [3.05, 3.63) is 54.1 Å². The van der Waals surface area contributed by atoms with Gasteiger partial charge in [0.15, 0.2) is 8.32 Å². The van der Waals surface area contributed by atoms with E-state index in [1.54, 1.807) is 27.3 Å². The minimum absolute atomic E-state index is 0.000599.